The van der Waals surface area contributed by atoms with Crippen molar-refractivity contribution in [3.63, 3.8) is 0 Å². The van der Waals surface area contributed by atoms with Gasteiger partial charge < -0.3 is 25.3 Å². The Morgan fingerprint density at radius 1 is 1.13 bits per heavy atom. The van der Waals surface area contributed by atoms with Crippen molar-refractivity contribution in [2.45, 2.75) is 50.6 Å². The summed E-state index contributed by atoms with van der Waals surface area (Å²) >= 11 is 0. The van der Waals surface area contributed by atoms with Gasteiger partial charge in [0.2, 0.25) is 5.91 Å². The summed E-state index contributed by atoms with van der Waals surface area (Å²) in [6, 6.07) is 8.89. The first kappa shape index (κ1) is 29.8. The van der Waals surface area contributed by atoms with E-state index in [0.717, 1.165) is 6.92 Å². The van der Waals surface area contributed by atoms with Crippen LogP contribution in [0.3, 0.4) is 0 Å². The Morgan fingerprint density at radius 3 is 2.38 bits per heavy atom. The van der Waals surface area contributed by atoms with E-state index in [4.69, 9.17) is 0 Å². The molecule has 8 nitrogen and oxygen atoms in total. The standard InChI is InChI=1S/C26H28F5N3O5/c1-15-18(9-6-10-20(15)35)23(38)32-19(11-17-7-4-3-5-8-17)22(37)24(39)33-12-21(36)34(14-26(29,30)31)16(2)25(27,28)13-33/h3-10,16,19,22,35,37H,11-14H2,1-2H3,(H,32,38). The van der Waals surface area contributed by atoms with Gasteiger partial charge in [0.1, 0.15) is 18.8 Å². The van der Waals surface area contributed by atoms with E-state index in [2.05, 4.69) is 5.32 Å². The number of hydrogen-bond donors (Lipinski definition) is 3. The molecule has 1 saturated heterocycles. The fraction of sp³-hybridized carbons (Fsp3) is 0.423. The van der Waals surface area contributed by atoms with Crippen LogP contribution in [-0.4, -0.2) is 87.7 Å². The minimum Gasteiger partial charge on any atom is -0.508 e. The van der Waals surface area contributed by atoms with Crippen molar-refractivity contribution in [1.29, 1.82) is 0 Å². The van der Waals surface area contributed by atoms with E-state index in [1.807, 2.05) is 0 Å². The van der Waals surface area contributed by atoms with Gasteiger partial charge in [0.25, 0.3) is 17.7 Å². The topological polar surface area (TPSA) is 110 Å². The molecule has 13 heteroatoms. The Balaban J connectivity index is 1.89. The van der Waals surface area contributed by atoms with Crippen LogP contribution < -0.4 is 5.32 Å². The summed E-state index contributed by atoms with van der Waals surface area (Å²) in [5.74, 6) is -7.61. The molecule has 1 aliphatic rings. The van der Waals surface area contributed by atoms with Gasteiger partial charge in [-0.3, -0.25) is 14.4 Å². The van der Waals surface area contributed by atoms with Crippen molar-refractivity contribution in [3.8, 4) is 5.75 Å². The SMILES string of the molecule is Cc1c(O)cccc1C(=O)NC(Cc1ccccc1)C(O)C(=O)N1CC(=O)N(CC(F)(F)F)C(C)C(F)(F)C1. The average Bonchev–Trinajstić information content (AvgIpc) is 2.93. The quantitative estimate of drug-likeness (QED) is 0.454. The van der Waals surface area contributed by atoms with Crippen molar-refractivity contribution in [3.05, 3.63) is 65.2 Å². The van der Waals surface area contributed by atoms with Gasteiger partial charge in [-0.1, -0.05) is 36.4 Å². The first-order valence-electron chi connectivity index (χ1n) is 11.9. The van der Waals surface area contributed by atoms with Gasteiger partial charge in [0.05, 0.1) is 18.6 Å². The number of benzene rings is 2. The molecule has 1 aliphatic heterocycles. The number of phenols is 1. The average molecular weight is 558 g/mol. The second-order valence-electron chi connectivity index (χ2n) is 9.43. The Labute approximate surface area is 221 Å². The molecule has 3 unspecified atom stereocenters. The normalized spacial score (nSPS) is 19.3. The zero-order valence-electron chi connectivity index (χ0n) is 21.1. The number of aromatic hydroxyl groups is 1. The highest BCUT2D eigenvalue weighted by Gasteiger charge is 2.51. The van der Waals surface area contributed by atoms with Crippen LogP contribution in [0, 0.1) is 6.92 Å². The van der Waals surface area contributed by atoms with Gasteiger partial charge in [-0.25, -0.2) is 8.78 Å². The van der Waals surface area contributed by atoms with Crippen molar-refractivity contribution in [2.24, 2.45) is 0 Å². The molecule has 0 aromatic heterocycles. The molecule has 212 valence electrons. The maximum Gasteiger partial charge on any atom is 0.406 e. The summed E-state index contributed by atoms with van der Waals surface area (Å²) in [6.07, 6.45) is -7.22. The first-order valence-corrected chi connectivity index (χ1v) is 11.9. The lowest BCUT2D eigenvalue weighted by Gasteiger charge is -2.32. The molecule has 2 aromatic carbocycles. The number of carbonyl (C=O) groups excluding carboxylic acids is 3. The molecule has 0 bridgehead atoms. The molecule has 0 radical (unpaired) electrons. The van der Waals surface area contributed by atoms with E-state index in [1.165, 1.54) is 25.1 Å². The Hall–Kier alpha value is -3.74. The summed E-state index contributed by atoms with van der Waals surface area (Å²) in [5, 5.41) is 23.4. The summed E-state index contributed by atoms with van der Waals surface area (Å²) in [4.78, 5) is 39.0. The second-order valence-corrected chi connectivity index (χ2v) is 9.43. The van der Waals surface area contributed by atoms with E-state index in [1.54, 1.807) is 30.3 Å². The number of aliphatic hydroxyl groups excluding tert-OH is 1. The summed E-state index contributed by atoms with van der Waals surface area (Å²) in [7, 11) is 0. The zero-order chi connectivity index (χ0) is 29.1. The van der Waals surface area contributed by atoms with Crippen molar-refractivity contribution in [1.82, 2.24) is 15.1 Å². The highest BCUT2D eigenvalue weighted by Crippen LogP contribution is 2.31. The van der Waals surface area contributed by atoms with Crippen LogP contribution >= 0.6 is 0 Å². The third kappa shape index (κ3) is 7.22. The lowest BCUT2D eigenvalue weighted by molar-refractivity contribution is -0.175. The molecule has 0 aliphatic carbocycles. The smallest absolute Gasteiger partial charge is 0.406 e. The number of rotatable bonds is 7. The molecule has 39 heavy (non-hydrogen) atoms. The number of phenolic OH excluding ortho intramolecular Hbond substituents is 1. The third-order valence-electron chi connectivity index (χ3n) is 6.59. The molecule has 3 N–H and O–H groups in total. The molecule has 3 atom stereocenters. The van der Waals surface area contributed by atoms with Crippen LogP contribution in [0.15, 0.2) is 48.5 Å². The lowest BCUT2D eigenvalue weighted by atomic mass is 9.98. The van der Waals surface area contributed by atoms with Crippen LogP contribution in [-0.2, 0) is 16.0 Å². The van der Waals surface area contributed by atoms with E-state index >= 15 is 0 Å². The highest BCUT2D eigenvalue weighted by molar-refractivity contribution is 5.97. The minimum atomic E-state index is -4.95. The minimum absolute atomic E-state index is 0.0285. The van der Waals surface area contributed by atoms with Gasteiger partial charge in [-0.05, 0) is 38.0 Å². The molecule has 3 amide bonds. The molecule has 0 spiro atoms. The number of carbonyl (C=O) groups is 3. The van der Waals surface area contributed by atoms with Crippen molar-refractivity contribution in [2.75, 3.05) is 19.6 Å². The number of halogens is 5. The fourth-order valence-electron chi connectivity index (χ4n) is 4.30. The zero-order valence-corrected chi connectivity index (χ0v) is 21.1. The number of amides is 3. The van der Waals surface area contributed by atoms with Crippen molar-refractivity contribution >= 4 is 17.7 Å². The predicted molar refractivity (Wildman–Crippen MR) is 129 cm³/mol. The number of aliphatic hydroxyl groups is 1. The van der Waals surface area contributed by atoms with Gasteiger partial charge in [-0.2, -0.15) is 13.2 Å². The van der Waals surface area contributed by atoms with Gasteiger partial charge in [-0.15, -0.1) is 0 Å². The molecule has 1 fully saturated rings. The molecule has 0 saturated carbocycles. The Bertz CT molecular complexity index is 1210. The fourth-order valence-corrected chi connectivity index (χ4v) is 4.30. The number of alkyl halides is 5. The number of nitrogens with zero attached hydrogens (tertiary/aromatic N) is 2. The van der Waals surface area contributed by atoms with E-state index < -0.39 is 67.6 Å². The first-order chi connectivity index (χ1) is 18.1. The van der Waals surface area contributed by atoms with Crippen LogP contribution in [0.5, 0.6) is 5.75 Å². The Morgan fingerprint density at radius 2 is 1.77 bits per heavy atom. The summed E-state index contributed by atoms with van der Waals surface area (Å²) in [5.41, 5.74) is 0.802. The Kier molecular flexibility index (Phi) is 8.84. The molecular weight excluding hydrogens is 529 g/mol. The highest BCUT2D eigenvalue weighted by atomic mass is 19.4. The van der Waals surface area contributed by atoms with Gasteiger partial charge >= 0.3 is 6.18 Å². The maximum atomic E-state index is 14.9. The van der Waals surface area contributed by atoms with Gasteiger partial charge in [0, 0.05) is 11.1 Å². The molecule has 1 heterocycles. The van der Waals surface area contributed by atoms with Crippen LogP contribution in [0.4, 0.5) is 22.0 Å². The van der Waals surface area contributed by atoms with Crippen LogP contribution in [0.1, 0.15) is 28.4 Å². The van der Waals surface area contributed by atoms with Crippen molar-refractivity contribution < 1.29 is 46.5 Å². The molecular formula is C26H28F5N3O5. The van der Waals surface area contributed by atoms with E-state index in [9.17, 15) is 46.5 Å². The monoisotopic (exact) mass is 557 g/mol. The number of hydrogen-bond acceptors (Lipinski definition) is 5. The van der Waals surface area contributed by atoms with Gasteiger partial charge in [0.15, 0.2) is 6.10 Å². The van der Waals surface area contributed by atoms with Crippen LogP contribution in [0.25, 0.3) is 0 Å². The van der Waals surface area contributed by atoms with E-state index in [0.29, 0.717) is 10.5 Å². The lowest BCUT2D eigenvalue weighted by Crippen LogP contribution is -2.55. The number of nitrogens with one attached hydrogen (secondary N) is 1. The predicted octanol–water partition coefficient (Wildman–Crippen LogP) is 2.66. The summed E-state index contributed by atoms with van der Waals surface area (Å²) in [6.45, 7) is -2.24. The maximum absolute atomic E-state index is 14.9. The second kappa shape index (κ2) is 11.6. The van der Waals surface area contributed by atoms with Crippen LogP contribution in [0.2, 0.25) is 0 Å². The molecule has 2 aromatic rings. The third-order valence-corrected chi connectivity index (χ3v) is 6.59. The van der Waals surface area contributed by atoms with E-state index in [-0.39, 0.29) is 28.2 Å². The summed E-state index contributed by atoms with van der Waals surface area (Å²) < 4.78 is 68.6. The largest absolute Gasteiger partial charge is 0.508 e. The molecule has 3 rings (SSSR count).